The molecule has 2 atom stereocenters. The molecule has 0 bridgehead atoms. The number of hydrogen-bond acceptors (Lipinski definition) is 2. The Bertz CT molecular complexity index is 788. The van der Waals surface area contributed by atoms with Crippen LogP contribution in [0.15, 0.2) is 54.6 Å². The van der Waals surface area contributed by atoms with Gasteiger partial charge in [0.2, 0.25) is 11.8 Å². The van der Waals surface area contributed by atoms with Gasteiger partial charge in [0.1, 0.15) is 6.04 Å². The van der Waals surface area contributed by atoms with Crippen LogP contribution in [0, 0.1) is 6.92 Å². The summed E-state index contributed by atoms with van der Waals surface area (Å²) in [6, 6.07) is 17.7. The minimum Gasteiger partial charge on any atom is -0.352 e. The second-order valence-corrected chi connectivity index (χ2v) is 7.67. The van der Waals surface area contributed by atoms with Gasteiger partial charge in [-0.15, -0.1) is 0 Å². The molecule has 0 spiro atoms. The van der Waals surface area contributed by atoms with Crippen LogP contribution in [-0.4, -0.2) is 35.3 Å². The number of amides is 2. The third-order valence-electron chi connectivity index (χ3n) is 5.47. The van der Waals surface area contributed by atoms with Crippen LogP contribution in [0.3, 0.4) is 0 Å². The van der Waals surface area contributed by atoms with Gasteiger partial charge in [0.05, 0.1) is 6.42 Å². The van der Waals surface area contributed by atoms with Gasteiger partial charge in [0.15, 0.2) is 0 Å². The zero-order valence-corrected chi connectivity index (χ0v) is 18.2. The van der Waals surface area contributed by atoms with Gasteiger partial charge in [-0.3, -0.25) is 9.59 Å². The van der Waals surface area contributed by atoms with Crippen LogP contribution in [0.5, 0.6) is 0 Å². The topological polar surface area (TPSA) is 49.4 Å². The maximum atomic E-state index is 13.3. The fourth-order valence-corrected chi connectivity index (χ4v) is 3.41. The van der Waals surface area contributed by atoms with Crippen molar-refractivity contribution in [3.8, 4) is 0 Å². The van der Waals surface area contributed by atoms with Crippen LogP contribution < -0.4 is 5.32 Å². The summed E-state index contributed by atoms with van der Waals surface area (Å²) in [4.78, 5) is 28.0. The first-order valence-corrected chi connectivity index (χ1v) is 10.6. The SMILES string of the molecule is CC[C@@H](C)NC(=O)[C@H](CC)N(CCc1ccccc1)C(=O)Cc1ccccc1C. The molecule has 0 saturated carbocycles. The van der Waals surface area contributed by atoms with Crippen molar-refractivity contribution in [2.24, 2.45) is 0 Å². The van der Waals surface area contributed by atoms with Gasteiger partial charge in [0, 0.05) is 12.6 Å². The zero-order valence-electron chi connectivity index (χ0n) is 18.2. The number of carbonyl (C=O) groups excluding carboxylic acids is 2. The second kappa shape index (κ2) is 11.4. The number of nitrogens with one attached hydrogen (secondary N) is 1. The van der Waals surface area contributed by atoms with Crippen molar-refractivity contribution >= 4 is 11.8 Å². The maximum Gasteiger partial charge on any atom is 0.243 e. The molecule has 0 saturated heterocycles. The summed E-state index contributed by atoms with van der Waals surface area (Å²) in [5.41, 5.74) is 3.28. The molecule has 2 aromatic rings. The molecule has 0 unspecified atom stereocenters. The van der Waals surface area contributed by atoms with Gasteiger partial charge in [-0.1, -0.05) is 68.4 Å². The average molecular weight is 395 g/mol. The molecule has 0 heterocycles. The van der Waals surface area contributed by atoms with E-state index in [0.717, 1.165) is 24.0 Å². The van der Waals surface area contributed by atoms with Crippen molar-refractivity contribution in [3.05, 3.63) is 71.3 Å². The standard InChI is InChI=1S/C25H34N2O2/c1-5-20(4)26-25(29)23(6-2)27(17-16-21-13-8-7-9-14-21)24(28)18-22-15-11-10-12-19(22)3/h7-15,20,23H,5-6,16-18H2,1-4H3,(H,26,29)/t20-,23+/m1/s1. The fraction of sp³-hybridized carbons (Fsp3) is 0.440. The highest BCUT2D eigenvalue weighted by atomic mass is 16.2. The average Bonchev–Trinajstić information content (AvgIpc) is 2.73. The Hall–Kier alpha value is -2.62. The Kier molecular flexibility index (Phi) is 8.91. The van der Waals surface area contributed by atoms with Crippen molar-refractivity contribution in [2.45, 2.75) is 65.5 Å². The molecule has 0 fully saturated rings. The Morgan fingerprint density at radius 1 is 0.966 bits per heavy atom. The van der Waals surface area contributed by atoms with E-state index in [4.69, 9.17) is 0 Å². The lowest BCUT2D eigenvalue weighted by Crippen LogP contribution is -2.52. The summed E-state index contributed by atoms with van der Waals surface area (Å²) in [6.07, 6.45) is 2.50. The summed E-state index contributed by atoms with van der Waals surface area (Å²) in [6.45, 7) is 8.55. The Balaban J connectivity index is 2.21. The molecular formula is C25H34N2O2. The fourth-order valence-electron chi connectivity index (χ4n) is 3.41. The predicted octanol–water partition coefficient (Wildman–Crippen LogP) is 4.30. The van der Waals surface area contributed by atoms with Crippen LogP contribution >= 0.6 is 0 Å². The third-order valence-corrected chi connectivity index (χ3v) is 5.47. The zero-order chi connectivity index (χ0) is 21.2. The monoisotopic (exact) mass is 394 g/mol. The molecule has 2 aromatic carbocycles. The quantitative estimate of drug-likeness (QED) is 0.653. The number of nitrogens with zero attached hydrogens (tertiary/aromatic N) is 1. The highest BCUT2D eigenvalue weighted by Gasteiger charge is 2.29. The van der Waals surface area contributed by atoms with Crippen molar-refractivity contribution in [1.82, 2.24) is 10.2 Å². The second-order valence-electron chi connectivity index (χ2n) is 7.67. The lowest BCUT2D eigenvalue weighted by molar-refractivity contribution is -0.140. The summed E-state index contributed by atoms with van der Waals surface area (Å²) in [5.74, 6) is -0.0607. The largest absolute Gasteiger partial charge is 0.352 e. The molecule has 29 heavy (non-hydrogen) atoms. The van der Waals surface area contributed by atoms with Crippen LogP contribution in [0.4, 0.5) is 0 Å². The van der Waals surface area contributed by atoms with Crippen molar-refractivity contribution in [1.29, 1.82) is 0 Å². The van der Waals surface area contributed by atoms with E-state index < -0.39 is 6.04 Å². The van der Waals surface area contributed by atoms with Crippen LogP contribution in [-0.2, 0) is 22.4 Å². The van der Waals surface area contributed by atoms with Gasteiger partial charge in [-0.25, -0.2) is 0 Å². The molecule has 0 aliphatic rings. The van der Waals surface area contributed by atoms with E-state index in [2.05, 4.69) is 17.4 Å². The van der Waals surface area contributed by atoms with Crippen molar-refractivity contribution < 1.29 is 9.59 Å². The van der Waals surface area contributed by atoms with E-state index in [1.54, 1.807) is 4.90 Å². The minimum absolute atomic E-state index is 0.00128. The number of aryl methyl sites for hydroxylation is 1. The Morgan fingerprint density at radius 2 is 1.62 bits per heavy atom. The minimum atomic E-state index is -0.454. The van der Waals surface area contributed by atoms with Gasteiger partial charge < -0.3 is 10.2 Å². The van der Waals surface area contributed by atoms with E-state index in [-0.39, 0.29) is 17.9 Å². The molecule has 0 aliphatic carbocycles. The summed E-state index contributed by atoms with van der Waals surface area (Å²) >= 11 is 0. The lowest BCUT2D eigenvalue weighted by Gasteiger charge is -2.31. The van der Waals surface area contributed by atoms with Gasteiger partial charge >= 0.3 is 0 Å². The number of benzene rings is 2. The van der Waals surface area contributed by atoms with Crippen molar-refractivity contribution in [3.63, 3.8) is 0 Å². The molecule has 1 N–H and O–H groups in total. The van der Waals surface area contributed by atoms with E-state index in [0.29, 0.717) is 19.4 Å². The number of carbonyl (C=O) groups is 2. The van der Waals surface area contributed by atoms with Crippen LogP contribution in [0.1, 0.15) is 50.3 Å². The lowest BCUT2D eigenvalue weighted by atomic mass is 10.0. The molecule has 156 valence electrons. The number of hydrogen-bond donors (Lipinski definition) is 1. The first-order chi connectivity index (χ1) is 14.0. The first-order valence-electron chi connectivity index (χ1n) is 10.6. The molecule has 2 rings (SSSR count). The van der Waals surface area contributed by atoms with E-state index in [1.165, 1.54) is 5.56 Å². The normalized spacial score (nSPS) is 12.8. The maximum absolute atomic E-state index is 13.3. The Labute approximate surface area is 175 Å². The van der Waals surface area contributed by atoms with Crippen LogP contribution in [0.25, 0.3) is 0 Å². The van der Waals surface area contributed by atoms with Crippen molar-refractivity contribution in [2.75, 3.05) is 6.54 Å². The summed E-state index contributed by atoms with van der Waals surface area (Å²) < 4.78 is 0. The predicted molar refractivity (Wildman–Crippen MR) is 119 cm³/mol. The van der Waals surface area contributed by atoms with E-state index in [9.17, 15) is 9.59 Å². The molecule has 0 aromatic heterocycles. The smallest absolute Gasteiger partial charge is 0.243 e. The molecule has 4 heteroatoms. The van der Waals surface area contributed by atoms with Gasteiger partial charge in [0.25, 0.3) is 0 Å². The van der Waals surface area contributed by atoms with Crippen LogP contribution in [0.2, 0.25) is 0 Å². The molecule has 0 radical (unpaired) electrons. The summed E-state index contributed by atoms with van der Waals surface area (Å²) in [7, 11) is 0. The van der Waals surface area contributed by atoms with E-state index >= 15 is 0 Å². The first kappa shape index (κ1) is 22.7. The molecule has 4 nitrogen and oxygen atoms in total. The van der Waals surface area contributed by atoms with E-state index in [1.807, 2.05) is 70.2 Å². The molecule has 2 amide bonds. The van der Waals surface area contributed by atoms with Gasteiger partial charge in [-0.05, 0) is 49.8 Å². The third kappa shape index (κ3) is 6.74. The summed E-state index contributed by atoms with van der Waals surface area (Å²) in [5, 5.41) is 3.06. The highest BCUT2D eigenvalue weighted by molar-refractivity contribution is 5.88. The Morgan fingerprint density at radius 3 is 2.24 bits per heavy atom. The van der Waals surface area contributed by atoms with Gasteiger partial charge in [-0.2, -0.15) is 0 Å². The molecule has 0 aliphatic heterocycles. The molecular weight excluding hydrogens is 360 g/mol. The highest BCUT2D eigenvalue weighted by Crippen LogP contribution is 2.14. The number of rotatable bonds is 10.